The Hall–Kier alpha value is -3.29. The summed E-state index contributed by atoms with van der Waals surface area (Å²) in [7, 11) is 0. The fraction of sp³-hybridized carbons (Fsp3) is 0.0909. The van der Waals surface area contributed by atoms with Crippen molar-refractivity contribution in [2.45, 2.75) is 12.3 Å². The van der Waals surface area contributed by atoms with Gasteiger partial charge < -0.3 is 9.40 Å². The Morgan fingerprint density at radius 2 is 1.83 bits per heavy atom. The second-order valence-corrected chi connectivity index (χ2v) is 7.87. The molecular weight excluding hydrogens is 422 g/mol. The average molecular weight is 436 g/mol. The van der Waals surface area contributed by atoms with E-state index in [2.05, 4.69) is 15.0 Å². The maximum Gasteiger partial charge on any atom is 0.345 e. The molecule has 3 heterocycles. The van der Waals surface area contributed by atoms with Crippen LogP contribution in [0, 0.1) is 4.77 Å². The number of hydrogen-bond donors (Lipinski definition) is 2. The van der Waals surface area contributed by atoms with E-state index in [4.69, 9.17) is 28.2 Å². The molecule has 30 heavy (non-hydrogen) atoms. The van der Waals surface area contributed by atoms with Crippen LogP contribution in [0.4, 0.5) is 5.82 Å². The van der Waals surface area contributed by atoms with E-state index in [1.54, 1.807) is 24.3 Å². The smallest absolute Gasteiger partial charge is 0.345 e. The van der Waals surface area contributed by atoms with E-state index in [1.165, 1.54) is 0 Å². The molecule has 2 aromatic heterocycles. The van der Waals surface area contributed by atoms with Gasteiger partial charge in [-0.3, -0.25) is 9.78 Å². The number of rotatable bonds is 2. The summed E-state index contributed by atoms with van der Waals surface area (Å²) in [6.07, 6.45) is 0.353. The van der Waals surface area contributed by atoms with Crippen LogP contribution in [0.15, 0.2) is 73.6 Å². The van der Waals surface area contributed by atoms with Crippen molar-refractivity contribution in [1.29, 1.82) is 0 Å². The van der Waals surface area contributed by atoms with Crippen molar-refractivity contribution in [3.8, 4) is 0 Å². The minimum absolute atomic E-state index is 0.171. The van der Waals surface area contributed by atoms with E-state index >= 15 is 0 Å². The molecule has 0 bridgehead atoms. The third-order valence-corrected chi connectivity index (χ3v) is 5.63. The lowest BCUT2D eigenvalue weighted by molar-refractivity contribution is 0.558. The minimum Gasteiger partial charge on any atom is -0.422 e. The fourth-order valence-electron chi connectivity index (χ4n) is 3.78. The quantitative estimate of drug-likeness (QED) is 0.348. The van der Waals surface area contributed by atoms with Crippen LogP contribution >= 0.6 is 23.8 Å². The number of aromatic nitrogens is 2. The highest BCUT2D eigenvalue weighted by Crippen LogP contribution is 2.37. The lowest BCUT2D eigenvalue weighted by Gasteiger charge is -2.24. The Kier molecular flexibility index (Phi) is 4.49. The van der Waals surface area contributed by atoms with Gasteiger partial charge in [0.15, 0.2) is 4.77 Å². The monoisotopic (exact) mass is 435 g/mol. The molecule has 0 fully saturated rings. The molecule has 2 N–H and O–H groups in total. The van der Waals surface area contributed by atoms with Gasteiger partial charge in [-0.05, 0) is 42.0 Å². The molecule has 1 aliphatic rings. The zero-order valence-corrected chi connectivity index (χ0v) is 17.0. The van der Waals surface area contributed by atoms with Gasteiger partial charge in [0.05, 0.1) is 16.8 Å². The summed E-state index contributed by atoms with van der Waals surface area (Å²) in [5.74, 6) is 0.0174. The summed E-state index contributed by atoms with van der Waals surface area (Å²) in [4.78, 5) is 35.6. The number of aliphatic imine (C=N–C) groups is 1. The second kappa shape index (κ2) is 7.19. The summed E-state index contributed by atoms with van der Waals surface area (Å²) in [5, 5.41) is 1.39. The average Bonchev–Trinajstić information content (AvgIpc) is 2.72. The van der Waals surface area contributed by atoms with E-state index in [9.17, 15) is 9.59 Å². The lowest BCUT2D eigenvalue weighted by Crippen LogP contribution is -2.26. The first-order chi connectivity index (χ1) is 14.5. The van der Waals surface area contributed by atoms with Gasteiger partial charge in [0.25, 0.3) is 5.56 Å². The van der Waals surface area contributed by atoms with Crippen molar-refractivity contribution in [2.24, 2.45) is 4.99 Å². The molecular formula is C22H14ClN3O3S. The van der Waals surface area contributed by atoms with Gasteiger partial charge in [-0.15, -0.1) is 0 Å². The zero-order chi connectivity index (χ0) is 20.8. The normalized spacial score (nSPS) is 15.6. The van der Waals surface area contributed by atoms with E-state index in [1.807, 2.05) is 30.3 Å². The molecule has 8 heteroatoms. The van der Waals surface area contributed by atoms with Gasteiger partial charge in [0, 0.05) is 22.7 Å². The number of halogens is 1. The molecule has 0 saturated heterocycles. The second-order valence-electron chi connectivity index (χ2n) is 7.02. The van der Waals surface area contributed by atoms with E-state index in [0.29, 0.717) is 39.7 Å². The first-order valence-corrected chi connectivity index (χ1v) is 10.0. The molecule has 0 radical (unpaired) electrons. The van der Waals surface area contributed by atoms with Crippen LogP contribution in [0.1, 0.15) is 29.0 Å². The Morgan fingerprint density at radius 3 is 2.63 bits per heavy atom. The summed E-state index contributed by atoms with van der Waals surface area (Å²) in [5.41, 5.74) is 1.97. The predicted molar refractivity (Wildman–Crippen MR) is 119 cm³/mol. The number of nitrogens with zero attached hydrogens (tertiary/aromatic N) is 1. The third kappa shape index (κ3) is 3.22. The van der Waals surface area contributed by atoms with E-state index in [0.717, 1.165) is 10.9 Å². The maximum absolute atomic E-state index is 12.7. The number of nitrogens with one attached hydrogen (secondary N) is 2. The topological polar surface area (TPSA) is 91.2 Å². The van der Waals surface area contributed by atoms with Crippen molar-refractivity contribution in [3.63, 3.8) is 0 Å². The van der Waals surface area contributed by atoms with Crippen molar-refractivity contribution < 1.29 is 4.42 Å². The molecule has 5 rings (SSSR count). The Morgan fingerprint density at radius 1 is 1.07 bits per heavy atom. The highest BCUT2D eigenvalue weighted by molar-refractivity contribution is 7.71. The standard InChI is InChI=1S/C22H14ClN3O3S/c23-13-7-5-11(6-8-13)14-10-16(24-19-18(14)20(27)26-22(30)25-19)15-9-12-3-1-2-4-17(12)29-21(15)28/h1-9,14H,10H2,(H2,25,26,27,30). The molecule has 1 unspecified atom stereocenters. The van der Waals surface area contributed by atoms with Crippen molar-refractivity contribution >= 4 is 46.3 Å². The molecule has 0 amide bonds. The Bertz CT molecular complexity index is 1500. The lowest BCUT2D eigenvalue weighted by atomic mass is 9.84. The van der Waals surface area contributed by atoms with Crippen LogP contribution in [0.3, 0.4) is 0 Å². The van der Waals surface area contributed by atoms with Crippen LogP contribution in [-0.2, 0) is 0 Å². The summed E-state index contributed by atoms with van der Waals surface area (Å²) < 4.78 is 5.66. The molecule has 1 aliphatic heterocycles. The van der Waals surface area contributed by atoms with Crippen LogP contribution in [-0.4, -0.2) is 15.7 Å². The summed E-state index contributed by atoms with van der Waals surface area (Å²) in [6.45, 7) is 0. The van der Waals surface area contributed by atoms with Crippen LogP contribution in [0.5, 0.6) is 0 Å². The SMILES string of the molecule is O=c1[nH]c(=S)[nH]c2c1C(c1ccc(Cl)cc1)CC(c1cc3ccccc3oc1=O)=N2. The van der Waals surface area contributed by atoms with Gasteiger partial charge >= 0.3 is 5.63 Å². The maximum atomic E-state index is 12.7. The number of H-pyrrole nitrogens is 2. The van der Waals surface area contributed by atoms with Gasteiger partial charge in [-0.2, -0.15) is 0 Å². The Balaban J connectivity index is 1.74. The molecule has 148 valence electrons. The minimum atomic E-state index is -0.478. The highest BCUT2D eigenvalue weighted by atomic mass is 35.5. The number of para-hydroxylation sites is 1. The molecule has 4 aromatic rings. The van der Waals surface area contributed by atoms with Crippen LogP contribution < -0.4 is 11.2 Å². The largest absolute Gasteiger partial charge is 0.422 e. The molecule has 0 spiro atoms. The Labute approximate surface area is 179 Å². The van der Waals surface area contributed by atoms with Crippen LogP contribution in [0.25, 0.3) is 11.0 Å². The first kappa shape index (κ1) is 18.7. The van der Waals surface area contributed by atoms with Gasteiger partial charge in [-0.1, -0.05) is 41.9 Å². The molecule has 2 aromatic carbocycles. The molecule has 0 saturated carbocycles. The van der Waals surface area contributed by atoms with Gasteiger partial charge in [0.1, 0.15) is 11.4 Å². The zero-order valence-electron chi connectivity index (χ0n) is 15.4. The van der Waals surface area contributed by atoms with E-state index < -0.39 is 5.63 Å². The first-order valence-electron chi connectivity index (χ1n) is 9.22. The summed E-state index contributed by atoms with van der Waals surface area (Å²) in [6, 6.07) is 16.3. The van der Waals surface area contributed by atoms with Crippen molar-refractivity contribution in [3.05, 3.63) is 102 Å². The van der Waals surface area contributed by atoms with Crippen molar-refractivity contribution in [1.82, 2.24) is 9.97 Å². The predicted octanol–water partition coefficient (Wildman–Crippen LogP) is 4.85. The molecule has 0 aliphatic carbocycles. The fourth-order valence-corrected chi connectivity index (χ4v) is 4.10. The number of aromatic amines is 2. The number of fused-ring (bicyclic) bond motifs is 2. The highest BCUT2D eigenvalue weighted by Gasteiger charge is 2.30. The number of hydrogen-bond acceptors (Lipinski definition) is 5. The number of benzene rings is 2. The van der Waals surface area contributed by atoms with Crippen LogP contribution in [0.2, 0.25) is 5.02 Å². The van der Waals surface area contributed by atoms with Crippen molar-refractivity contribution in [2.75, 3.05) is 0 Å². The molecule has 6 nitrogen and oxygen atoms in total. The summed E-state index contributed by atoms with van der Waals surface area (Å²) >= 11 is 11.2. The third-order valence-electron chi connectivity index (χ3n) is 5.18. The van der Waals surface area contributed by atoms with E-state index in [-0.39, 0.29) is 16.2 Å². The van der Waals surface area contributed by atoms with Gasteiger partial charge in [-0.25, -0.2) is 9.79 Å². The van der Waals surface area contributed by atoms with Gasteiger partial charge in [0.2, 0.25) is 0 Å². The molecule has 1 atom stereocenters.